The molecule has 0 aliphatic carbocycles. The van der Waals surface area contributed by atoms with Crippen LogP contribution in [0.25, 0.3) is 16.5 Å². The van der Waals surface area contributed by atoms with E-state index in [2.05, 4.69) is 0 Å². The number of carbonyl (C=O) groups is 2. The first-order valence-corrected chi connectivity index (χ1v) is 11.8. The number of hydrogen-bond acceptors (Lipinski definition) is 5. The van der Waals surface area contributed by atoms with Gasteiger partial charge in [-0.15, -0.1) is 0 Å². The Bertz CT molecular complexity index is 1590. The summed E-state index contributed by atoms with van der Waals surface area (Å²) in [5.41, 5.74) is 1.30. The minimum atomic E-state index is -1.03. The van der Waals surface area contributed by atoms with Crippen molar-refractivity contribution in [3.8, 4) is 11.5 Å². The van der Waals surface area contributed by atoms with E-state index in [-0.39, 0.29) is 34.8 Å². The molecule has 6 nitrogen and oxygen atoms in total. The van der Waals surface area contributed by atoms with Gasteiger partial charge in [-0.1, -0.05) is 42.5 Å². The van der Waals surface area contributed by atoms with Crippen LogP contribution in [-0.4, -0.2) is 28.5 Å². The number of phenols is 1. The van der Waals surface area contributed by atoms with Crippen molar-refractivity contribution in [3.05, 3.63) is 107 Å². The second kappa shape index (κ2) is 9.43. The van der Waals surface area contributed by atoms with Gasteiger partial charge in [0.15, 0.2) is 11.5 Å². The van der Waals surface area contributed by atoms with E-state index >= 15 is 0 Å². The lowest BCUT2D eigenvalue weighted by atomic mass is 9.94. The number of Topliss-reactive ketones (excluding diaryl/α,β-unsaturated/α-hetero) is 1. The second-order valence-electron chi connectivity index (χ2n) is 8.79. The van der Waals surface area contributed by atoms with Gasteiger partial charge in [0.2, 0.25) is 0 Å². The number of hydrogen-bond donors (Lipinski definition) is 2. The Kier molecular flexibility index (Phi) is 6.13. The van der Waals surface area contributed by atoms with E-state index in [0.717, 1.165) is 10.8 Å². The summed E-state index contributed by atoms with van der Waals surface area (Å²) < 4.78 is 19.5. The number of halogens is 1. The van der Waals surface area contributed by atoms with E-state index in [1.165, 1.54) is 29.2 Å². The number of rotatable bonds is 5. The highest BCUT2D eigenvalue weighted by Gasteiger charge is 2.47. The number of nitrogens with zero attached hydrogens (tertiary/aromatic N) is 1. The molecular weight excluding hydrogens is 473 g/mol. The molecule has 2 N–H and O–H groups in total. The predicted octanol–water partition coefficient (Wildman–Crippen LogP) is 6.02. The van der Waals surface area contributed by atoms with Crippen LogP contribution in [-0.2, 0) is 9.59 Å². The molecular formula is C30H24FNO5. The Balaban J connectivity index is 1.79. The molecule has 0 spiro atoms. The van der Waals surface area contributed by atoms with Gasteiger partial charge in [0.25, 0.3) is 11.7 Å². The fraction of sp³-hybridized carbons (Fsp3) is 0.133. The van der Waals surface area contributed by atoms with Crippen LogP contribution in [0.2, 0.25) is 0 Å². The van der Waals surface area contributed by atoms with E-state index < -0.39 is 29.3 Å². The Morgan fingerprint density at radius 1 is 1.00 bits per heavy atom. The molecule has 5 rings (SSSR count). The number of benzene rings is 4. The number of phenolic OH excluding ortho intramolecular Hbond substituents is 1. The van der Waals surface area contributed by atoms with Gasteiger partial charge in [0, 0.05) is 10.9 Å². The molecule has 0 saturated carbocycles. The molecule has 1 fully saturated rings. The van der Waals surface area contributed by atoms with Gasteiger partial charge in [-0.3, -0.25) is 14.5 Å². The van der Waals surface area contributed by atoms with Crippen LogP contribution < -0.4 is 9.64 Å². The molecule has 186 valence electrons. The van der Waals surface area contributed by atoms with Crippen LogP contribution in [0.3, 0.4) is 0 Å². The number of aliphatic hydroxyl groups is 1. The van der Waals surface area contributed by atoms with Gasteiger partial charge < -0.3 is 14.9 Å². The van der Waals surface area contributed by atoms with Gasteiger partial charge >= 0.3 is 0 Å². The van der Waals surface area contributed by atoms with Crippen molar-refractivity contribution >= 4 is 33.9 Å². The summed E-state index contributed by atoms with van der Waals surface area (Å²) in [6.07, 6.45) is 0. The van der Waals surface area contributed by atoms with E-state index in [4.69, 9.17) is 4.74 Å². The van der Waals surface area contributed by atoms with Crippen LogP contribution in [0.5, 0.6) is 11.5 Å². The molecule has 1 unspecified atom stereocenters. The summed E-state index contributed by atoms with van der Waals surface area (Å²) in [5.74, 6) is -2.47. The maximum Gasteiger partial charge on any atom is 0.300 e. The Labute approximate surface area is 212 Å². The fourth-order valence-electron chi connectivity index (χ4n) is 4.73. The molecule has 1 atom stereocenters. The average Bonchev–Trinajstić information content (AvgIpc) is 3.16. The van der Waals surface area contributed by atoms with Crippen LogP contribution >= 0.6 is 0 Å². The molecule has 0 bridgehead atoms. The van der Waals surface area contributed by atoms with E-state index in [9.17, 15) is 24.2 Å². The predicted molar refractivity (Wildman–Crippen MR) is 139 cm³/mol. The molecule has 37 heavy (non-hydrogen) atoms. The van der Waals surface area contributed by atoms with Gasteiger partial charge in [0.1, 0.15) is 11.6 Å². The number of carbonyl (C=O) groups excluding carboxylic acids is 2. The molecule has 7 heteroatoms. The van der Waals surface area contributed by atoms with E-state index in [0.29, 0.717) is 11.3 Å². The third-order valence-electron chi connectivity index (χ3n) is 6.50. The van der Waals surface area contributed by atoms with Gasteiger partial charge in [-0.25, -0.2) is 4.39 Å². The summed E-state index contributed by atoms with van der Waals surface area (Å²) in [7, 11) is 0. The lowest BCUT2D eigenvalue weighted by Gasteiger charge is -2.27. The number of amides is 1. The molecule has 1 aliphatic rings. The number of aliphatic hydroxyl groups excluding tert-OH is 1. The molecule has 1 aliphatic heterocycles. The monoisotopic (exact) mass is 497 g/mol. The molecule has 0 radical (unpaired) electrons. The van der Waals surface area contributed by atoms with Gasteiger partial charge in [-0.05, 0) is 66.8 Å². The summed E-state index contributed by atoms with van der Waals surface area (Å²) >= 11 is 0. The highest BCUT2D eigenvalue weighted by Crippen LogP contribution is 2.45. The maximum absolute atomic E-state index is 13.9. The quantitative estimate of drug-likeness (QED) is 0.200. The summed E-state index contributed by atoms with van der Waals surface area (Å²) in [6.45, 7) is 3.60. The third kappa shape index (κ3) is 4.08. The van der Waals surface area contributed by atoms with E-state index in [1.54, 1.807) is 38.1 Å². The number of fused-ring (bicyclic) bond motifs is 1. The number of aryl methyl sites for hydroxylation is 1. The largest absolute Gasteiger partial charge is 0.507 e. The SMILES string of the molecule is CCOc1cc(C2/C(=C(\O)c3ccc(F)c(C)c3)C(=O)C(=O)N2c2cccc3ccccc23)ccc1O. The first-order chi connectivity index (χ1) is 17.8. The molecule has 4 aromatic carbocycles. The topological polar surface area (TPSA) is 87.1 Å². The normalized spacial score (nSPS) is 16.9. The fourth-order valence-corrected chi connectivity index (χ4v) is 4.73. The lowest BCUT2D eigenvalue weighted by Crippen LogP contribution is -2.29. The first-order valence-electron chi connectivity index (χ1n) is 11.8. The summed E-state index contributed by atoms with van der Waals surface area (Å²) in [5, 5.41) is 23.2. The number of aromatic hydroxyl groups is 1. The minimum absolute atomic E-state index is 0.0955. The zero-order valence-electron chi connectivity index (χ0n) is 20.2. The van der Waals surface area contributed by atoms with Crippen LogP contribution in [0, 0.1) is 12.7 Å². The number of ketones is 1. The van der Waals surface area contributed by atoms with Gasteiger partial charge in [-0.2, -0.15) is 0 Å². The Morgan fingerprint density at radius 2 is 1.76 bits per heavy atom. The van der Waals surface area contributed by atoms with Crippen molar-refractivity contribution in [1.82, 2.24) is 0 Å². The van der Waals surface area contributed by atoms with Crippen molar-refractivity contribution in [2.45, 2.75) is 19.9 Å². The standard InChI is InChI=1S/C30H24FNO5/c1-3-37-25-16-19(12-14-24(25)33)27-26(28(34)20-11-13-22(31)17(2)15-20)29(35)30(36)32(27)23-10-6-8-18-7-4-5-9-21(18)23/h4-16,27,33-34H,3H2,1-2H3/b28-26+. The molecule has 1 amide bonds. The molecule has 1 saturated heterocycles. The van der Waals surface area contributed by atoms with Gasteiger partial charge in [0.05, 0.1) is 23.9 Å². The highest BCUT2D eigenvalue weighted by atomic mass is 19.1. The van der Waals surface area contributed by atoms with Crippen molar-refractivity contribution in [2.75, 3.05) is 11.5 Å². The molecule has 4 aromatic rings. The van der Waals surface area contributed by atoms with E-state index in [1.807, 2.05) is 30.3 Å². The number of ether oxygens (including phenoxy) is 1. The lowest BCUT2D eigenvalue weighted by molar-refractivity contribution is -0.132. The van der Waals surface area contributed by atoms with Crippen molar-refractivity contribution < 1.29 is 28.9 Å². The third-order valence-corrected chi connectivity index (χ3v) is 6.50. The average molecular weight is 498 g/mol. The Morgan fingerprint density at radius 3 is 2.51 bits per heavy atom. The second-order valence-corrected chi connectivity index (χ2v) is 8.79. The maximum atomic E-state index is 13.9. The van der Waals surface area contributed by atoms with Crippen LogP contribution in [0.15, 0.2) is 84.4 Å². The zero-order chi connectivity index (χ0) is 26.3. The van der Waals surface area contributed by atoms with Crippen LogP contribution in [0.1, 0.15) is 29.7 Å². The van der Waals surface area contributed by atoms with Crippen molar-refractivity contribution in [3.63, 3.8) is 0 Å². The smallest absolute Gasteiger partial charge is 0.300 e. The molecule has 0 aromatic heterocycles. The van der Waals surface area contributed by atoms with Crippen molar-refractivity contribution in [1.29, 1.82) is 0 Å². The van der Waals surface area contributed by atoms with Crippen LogP contribution in [0.4, 0.5) is 10.1 Å². The summed E-state index contributed by atoms with van der Waals surface area (Å²) in [6, 6.07) is 20.4. The first kappa shape index (κ1) is 24.1. The summed E-state index contributed by atoms with van der Waals surface area (Å²) in [4.78, 5) is 28.4. The minimum Gasteiger partial charge on any atom is -0.507 e. The zero-order valence-corrected chi connectivity index (χ0v) is 20.2. The number of anilines is 1. The van der Waals surface area contributed by atoms with Crippen molar-refractivity contribution in [2.24, 2.45) is 0 Å². The Hall–Kier alpha value is -4.65. The highest BCUT2D eigenvalue weighted by molar-refractivity contribution is 6.52. The molecule has 1 heterocycles.